The van der Waals surface area contributed by atoms with Crippen LogP contribution < -0.4 is 4.74 Å². The van der Waals surface area contributed by atoms with Gasteiger partial charge in [-0.25, -0.2) is 4.68 Å². The lowest BCUT2D eigenvalue weighted by molar-refractivity contribution is 0.0524. The second kappa shape index (κ2) is 8.67. The van der Waals surface area contributed by atoms with Gasteiger partial charge < -0.3 is 19.1 Å². The summed E-state index contributed by atoms with van der Waals surface area (Å²) < 4.78 is 15.5. The van der Waals surface area contributed by atoms with Crippen LogP contribution in [0.4, 0.5) is 0 Å². The Bertz CT molecular complexity index is 1330. The van der Waals surface area contributed by atoms with Gasteiger partial charge in [0, 0.05) is 43.4 Å². The minimum atomic E-state index is -0.928. The third-order valence-corrected chi connectivity index (χ3v) is 7.05. The predicted molar refractivity (Wildman–Crippen MR) is 132 cm³/mol. The maximum Gasteiger partial charge on any atom is 0.261 e. The molecule has 1 aromatic carbocycles. The van der Waals surface area contributed by atoms with Crippen LogP contribution in [0.5, 0.6) is 5.88 Å². The summed E-state index contributed by atoms with van der Waals surface area (Å²) in [6, 6.07) is 8.61. The molecule has 0 radical (unpaired) electrons. The molecule has 5 rings (SSSR count). The van der Waals surface area contributed by atoms with E-state index in [0.29, 0.717) is 18.4 Å². The number of ether oxygens (including phenoxy) is 2. The predicted octanol–water partition coefficient (Wildman–Crippen LogP) is 4.60. The number of aromatic nitrogens is 5. The summed E-state index contributed by atoms with van der Waals surface area (Å²) in [6.07, 6.45) is 3.93. The summed E-state index contributed by atoms with van der Waals surface area (Å²) in [6.45, 7) is 9.98. The Labute approximate surface area is 199 Å². The van der Waals surface area contributed by atoms with Gasteiger partial charge in [0.15, 0.2) is 0 Å². The van der Waals surface area contributed by atoms with Crippen LogP contribution in [-0.2, 0) is 17.4 Å². The highest BCUT2D eigenvalue weighted by molar-refractivity contribution is 6.07. The number of aryl methyl sites for hydroxylation is 1. The van der Waals surface area contributed by atoms with Crippen molar-refractivity contribution < 1.29 is 14.6 Å². The molecule has 34 heavy (non-hydrogen) atoms. The highest BCUT2D eigenvalue weighted by Crippen LogP contribution is 2.39. The van der Waals surface area contributed by atoms with Gasteiger partial charge in [-0.3, -0.25) is 4.98 Å². The minimum Gasteiger partial charge on any atom is -0.475 e. The van der Waals surface area contributed by atoms with Crippen LogP contribution >= 0.6 is 0 Å². The summed E-state index contributed by atoms with van der Waals surface area (Å²) in [5, 5.41) is 20.2. The van der Waals surface area contributed by atoms with Crippen molar-refractivity contribution in [1.29, 1.82) is 0 Å². The Balaban J connectivity index is 1.76. The first-order valence-corrected chi connectivity index (χ1v) is 12.1. The van der Waals surface area contributed by atoms with E-state index in [1.54, 1.807) is 4.68 Å². The number of nitrogens with zero attached hydrogens (tertiary/aromatic N) is 5. The lowest BCUT2D eigenvalue weighted by Gasteiger charge is -2.30. The van der Waals surface area contributed by atoms with Crippen molar-refractivity contribution in [3.05, 3.63) is 36.0 Å². The molecule has 3 aromatic heterocycles. The van der Waals surface area contributed by atoms with Crippen molar-refractivity contribution in [2.45, 2.75) is 52.2 Å². The Morgan fingerprint density at radius 3 is 2.68 bits per heavy atom. The molecule has 1 aliphatic heterocycles. The van der Waals surface area contributed by atoms with E-state index in [2.05, 4.69) is 40.0 Å². The topological polar surface area (TPSA) is 87.2 Å². The van der Waals surface area contributed by atoms with E-state index in [1.807, 2.05) is 40.1 Å². The van der Waals surface area contributed by atoms with E-state index in [0.717, 1.165) is 64.8 Å². The largest absolute Gasteiger partial charge is 0.475 e. The third kappa shape index (κ3) is 3.84. The fourth-order valence-corrected chi connectivity index (χ4v) is 5.15. The Morgan fingerprint density at radius 1 is 1.21 bits per heavy atom. The summed E-state index contributed by atoms with van der Waals surface area (Å²) in [5.41, 5.74) is 4.78. The van der Waals surface area contributed by atoms with E-state index in [-0.39, 0.29) is 6.04 Å². The molecule has 180 valence electrons. The molecule has 0 amide bonds. The number of benzene rings is 1. The molecule has 4 heterocycles. The highest BCUT2D eigenvalue weighted by atomic mass is 16.5. The molecule has 1 N–H and O–H groups in total. The molecule has 0 unspecified atom stereocenters. The normalized spacial score (nSPS) is 16.4. The van der Waals surface area contributed by atoms with E-state index in [1.165, 1.54) is 0 Å². The lowest BCUT2D eigenvalue weighted by Crippen LogP contribution is -2.24. The fraction of sp³-hybridized carbons (Fsp3) is 0.500. The number of aliphatic hydroxyl groups is 1. The second-order valence-electron chi connectivity index (χ2n) is 9.74. The first-order valence-electron chi connectivity index (χ1n) is 12.1. The lowest BCUT2D eigenvalue weighted by atomic mass is 9.92. The standard InChI is InChI=1S/C26H33N5O3/c1-6-34-25-24(30(5)29-28-25)18-13-22-23(27-15-18)20-8-7-19(26(3,4)32)14-21(20)31(22)16(2)17-9-11-33-12-10-17/h7-8,13-17,32H,6,9-12H2,1-5H3/t16-/m1/s1. The van der Waals surface area contributed by atoms with E-state index >= 15 is 0 Å². The quantitative estimate of drug-likeness (QED) is 0.450. The van der Waals surface area contributed by atoms with Gasteiger partial charge in [0.1, 0.15) is 5.69 Å². The van der Waals surface area contributed by atoms with E-state index in [9.17, 15) is 5.11 Å². The van der Waals surface area contributed by atoms with Crippen LogP contribution in [0.25, 0.3) is 33.2 Å². The molecule has 8 nitrogen and oxygen atoms in total. The van der Waals surface area contributed by atoms with Gasteiger partial charge in [-0.2, -0.15) is 0 Å². The van der Waals surface area contributed by atoms with Crippen LogP contribution in [0.1, 0.15) is 52.1 Å². The third-order valence-electron chi connectivity index (χ3n) is 7.05. The van der Waals surface area contributed by atoms with E-state index < -0.39 is 5.60 Å². The van der Waals surface area contributed by atoms with Gasteiger partial charge in [-0.1, -0.05) is 22.4 Å². The van der Waals surface area contributed by atoms with Gasteiger partial charge in [0.25, 0.3) is 5.88 Å². The monoisotopic (exact) mass is 463 g/mol. The molecule has 8 heteroatoms. The van der Waals surface area contributed by atoms with E-state index in [4.69, 9.17) is 14.5 Å². The zero-order valence-electron chi connectivity index (χ0n) is 20.6. The number of hydrogen-bond donors (Lipinski definition) is 1. The summed E-state index contributed by atoms with van der Waals surface area (Å²) in [7, 11) is 1.87. The molecule has 0 aliphatic carbocycles. The first kappa shape index (κ1) is 22.8. The van der Waals surface area contributed by atoms with Gasteiger partial charge in [-0.15, -0.1) is 0 Å². The fourth-order valence-electron chi connectivity index (χ4n) is 5.15. The minimum absolute atomic E-state index is 0.244. The van der Waals surface area contributed by atoms with Crippen LogP contribution in [0.3, 0.4) is 0 Å². The molecule has 0 bridgehead atoms. The zero-order chi connectivity index (χ0) is 24.0. The zero-order valence-corrected chi connectivity index (χ0v) is 20.6. The molecule has 1 atom stereocenters. The van der Waals surface area contributed by atoms with Gasteiger partial charge in [0.05, 0.1) is 28.8 Å². The van der Waals surface area contributed by atoms with Crippen LogP contribution in [-0.4, -0.2) is 49.5 Å². The molecule has 1 fully saturated rings. The van der Waals surface area contributed by atoms with Crippen molar-refractivity contribution in [3.8, 4) is 17.1 Å². The van der Waals surface area contributed by atoms with Crippen molar-refractivity contribution in [1.82, 2.24) is 24.5 Å². The molecule has 1 aliphatic rings. The van der Waals surface area contributed by atoms with Crippen LogP contribution in [0.2, 0.25) is 0 Å². The number of pyridine rings is 1. The average molecular weight is 464 g/mol. The molecule has 1 saturated heterocycles. The Morgan fingerprint density at radius 2 is 1.97 bits per heavy atom. The maximum atomic E-state index is 10.7. The number of fused-ring (bicyclic) bond motifs is 3. The SMILES string of the molecule is CCOc1nnn(C)c1-c1cnc2c3ccc(C(C)(C)O)cc3n([C@H](C)C3CCOCC3)c2c1. The maximum absolute atomic E-state index is 10.7. The molecular formula is C26H33N5O3. The molecule has 4 aromatic rings. The van der Waals surface area contributed by atoms with Crippen molar-refractivity contribution >= 4 is 21.9 Å². The Hall–Kier alpha value is -2.97. The van der Waals surface area contributed by atoms with Crippen molar-refractivity contribution in [2.24, 2.45) is 13.0 Å². The number of rotatable bonds is 6. The van der Waals surface area contributed by atoms with Crippen LogP contribution in [0.15, 0.2) is 30.5 Å². The summed E-state index contributed by atoms with van der Waals surface area (Å²) >= 11 is 0. The smallest absolute Gasteiger partial charge is 0.261 e. The summed E-state index contributed by atoms with van der Waals surface area (Å²) in [5.74, 6) is 1.01. The second-order valence-corrected chi connectivity index (χ2v) is 9.74. The van der Waals surface area contributed by atoms with Crippen molar-refractivity contribution in [3.63, 3.8) is 0 Å². The average Bonchev–Trinajstić information content (AvgIpc) is 3.35. The molecule has 0 spiro atoms. The number of hydrogen-bond acceptors (Lipinski definition) is 6. The van der Waals surface area contributed by atoms with Gasteiger partial charge in [-0.05, 0) is 64.2 Å². The summed E-state index contributed by atoms with van der Waals surface area (Å²) in [4.78, 5) is 4.92. The van der Waals surface area contributed by atoms with Gasteiger partial charge >= 0.3 is 0 Å². The van der Waals surface area contributed by atoms with Crippen LogP contribution in [0, 0.1) is 5.92 Å². The Kier molecular flexibility index (Phi) is 5.81. The molecule has 0 saturated carbocycles. The van der Waals surface area contributed by atoms with Crippen molar-refractivity contribution in [2.75, 3.05) is 19.8 Å². The highest BCUT2D eigenvalue weighted by Gasteiger charge is 2.27. The van der Waals surface area contributed by atoms with Gasteiger partial charge in [0.2, 0.25) is 0 Å². The molecular weight excluding hydrogens is 430 g/mol. The first-order chi connectivity index (χ1) is 16.3.